The molecule has 4 nitrogen and oxygen atoms in total. The van der Waals surface area contributed by atoms with Crippen molar-refractivity contribution in [2.45, 2.75) is 6.92 Å². The van der Waals surface area contributed by atoms with Crippen molar-refractivity contribution in [3.05, 3.63) is 76.0 Å². The molecule has 5 heteroatoms. The van der Waals surface area contributed by atoms with Crippen LogP contribution in [0, 0.1) is 6.92 Å². The van der Waals surface area contributed by atoms with E-state index < -0.39 is 0 Å². The molecule has 0 N–H and O–H groups in total. The zero-order valence-electron chi connectivity index (χ0n) is 11.3. The van der Waals surface area contributed by atoms with Gasteiger partial charge in [-0.15, -0.1) is 5.10 Å². The summed E-state index contributed by atoms with van der Waals surface area (Å²) in [6.45, 7) is 1.95. The van der Waals surface area contributed by atoms with Crippen LogP contribution in [0.1, 0.15) is 21.6 Å². The molecule has 0 saturated carbocycles. The first kappa shape index (κ1) is 13.7. The van der Waals surface area contributed by atoms with Gasteiger partial charge in [-0.25, -0.2) is 4.68 Å². The Labute approximate surface area is 130 Å². The van der Waals surface area contributed by atoms with Crippen molar-refractivity contribution in [2.24, 2.45) is 0 Å². The minimum absolute atomic E-state index is 0.0977. The van der Waals surface area contributed by atoms with Crippen LogP contribution >= 0.6 is 15.9 Å². The fraction of sp³-hybridized carbons (Fsp3) is 0.0625. The zero-order chi connectivity index (χ0) is 14.8. The van der Waals surface area contributed by atoms with Crippen LogP contribution in [0.15, 0.2) is 59.2 Å². The number of hydrogen-bond acceptors (Lipinski definition) is 3. The van der Waals surface area contributed by atoms with Crippen LogP contribution in [-0.2, 0) is 0 Å². The molecule has 0 aliphatic rings. The molecule has 0 amide bonds. The number of aromatic nitrogens is 3. The Morgan fingerprint density at radius 2 is 1.90 bits per heavy atom. The van der Waals surface area contributed by atoms with Crippen molar-refractivity contribution < 1.29 is 4.79 Å². The maximum atomic E-state index is 12.6. The highest BCUT2D eigenvalue weighted by Gasteiger charge is 2.17. The fourth-order valence-corrected chi connectivity index (χ4v) is 2.33. The van der Waals surface area contributed by atoms with E-state index >= 15 is 0 Å². The van der Waals surface area contributed by atoms with Gasteiger partial charge in [-0.05, 0) is 42.8 Å². The number of carbonyl (C=O) groups excluding carboxylic acids is 1. The van der Waals surface area contributed by atoms with Crippen LogP contribution in [0.3, 0.4) is 0 Å². The van der Waals surface area contributed by atoms with Gasteiger partial charge in [0.15, 0.2) is 0 Å². The van der Waals surface area contributed by atoms with E-state index in [1.165, 1.54) is 6.20 Å². The highest BCUT2D eigenvalue weighted by atomic mass is 79.9. The van der Waals surface area contributed by atoms with Crippen LogP contribution < -0.4 is 0 Å². The summed E-state index contributed by atoms with van der Waals surface area (Å²) in [4.78, 5) is 12.6. The third-order valence-electron chi connectivity index (χ3n) is 3.20. The number of benzene rings is 2. The highest BCUT2D eigenvalue weighted by Crippen LogP contribution is 2.20. The maximum absolute atomic E-state index is 12.6. The molecule has 0 fully saturated rings. The Balaban J connectivity index is 2.03. The number of hydrogen-bond donors (Lipinski definition) is 0. The molecule has 0 unspecified atom stereocenters. The van der Waals surface area contributed by atoms with Crippen molar-refractivity contribution in [1.82, 2.24) is 15.0 Å². The molecule has 104 valence electrons. The van der Waals surface area contributed by atoms with Gasteiger partial charge in [0.2, 0.25) is 5.78 Å². The van der Waals surface area contributed by atoms with E-state index in [1.807, 2.05) is 49.4 Å². The van der Waals surface area contributed by atoms with Gasteiger partial charge in [0, 0.05) is 10.0 Å². The number of aryl methyl sites for hydroxylation is 1. The highest BCUT2D eigenvalue weighted by molar-refractivity contribution is 9.10. The number of halogens is 1. The predicted molar refractivity (Wildman–Crippen MR) is 83.7 cm³/mol. The summed E-state index contributed by atoms with van der Waals surface area (Å²) in [5.74, 6) is -0.0977. The standard InChI is InChI=1S/C16H12BrN3O/c1-11-9-12(7-8-14(11)17)16(21)15-10-18-19-20(15)13-5-3-2-4-6-13/h2-10H,1H3. The molecule has 3 aromatic rings. The van der Waals surface area contributed by atoms with Gasteiger partial charge < -0.3 is 0 Å². The number of nitrogens with zero attached hydrogens (tertiary/aromatic N) is 3. The number of para-hydroxylation sites is 1. The van der Waals surface area contributed by atoms with Crippen LogP contribution in [0.25, 0.3) is 5.69 Å². The molecule has 0 aliphatic heterocycles. The first-order valence-corrected chi connectivity index (χ1v) is 7.23. The van der Waals surface area contributed by atoms with Gasteiger partial charge >= 0.3 is 0 Å². The van der Waals surface area contributed by atoms with E-state index in [4.69, 9.17) is 0 Å². The van der Waals surface area contributed by atoms with Gasteiger partial charge in [-0.1, -0.05) is 39.3 Å². The second-order valence-electron chi connectivity index (χ2n) is 4.66. The Morgan fingerprint density at radius 1 is 1.14 bits per heavy atom. The van der Waals surface area contributed by atoms with Crippen molar-refractivity contribution in [3.63, 3.8) is 0 Å². The van der Waals surface area contributed by atoms with E-state index in [0.717, 1.165) is 15.7 Å². The van der Waals surface area contributed by atoms with Gasteiger partial charge in [-0.3, -0.25) is 4.79 Å². The SMILES string of the molecule is Cc1cc(C(=O)c2cnnn2-c2ccccc2)ccc1Br. The Bertz CT molecular complexity index is 796. The molecule has 0 atom stereocenters. The number of carbonyl (C=O) groups is 1. The summed E-state index contributed by atoms with van der Waals surface area (Å²) in [6.07, 6.45) is 1.49. The molecule has 0 radical (unpaired) electrons. The fourth-order valence-electron chi connectivity index (χ4n) is 2.08. The first-order chi connectivity index (χ1) is 10.2. The Kier molecular flexibility index (Phi) is 3.66. The lowest BCUT2D eigenvalue weighted by Crippen LogP contribution is -2.10. The van der Waals surface area contributed by atoms with E-state index in [2.05, 4.69) is 26.2 Å². The molecule has 1 heterocycles. The van der Waals surface area contributed by atoms with Crippen molar-refractivity contribution in [1.29, 1.82) is 0 Å². The monoisotopic (exact) mass is 341 g/mol. The molecule has 0 bridgehead atoms. The summed E-state index contributed by atoms with van der Waals surface area (Å²) in [5.41, 5.74) is 2.89. The summed E-state index contributed by atoms with van der Waals surface area (Å²) in [7, 11) is 0. The molecule has 1 aromatic heterocycles. The second kappa shape index (κ2) is 5.61. The summed E-state index contributed by atoms with van der Waals surface area (Å²) < 4.78 is 2.54. The van der Waals surface area contributed by atoms with Crippen molar-refractivity contribution in [2.75, 3.05) is 0 Å². The normalized spacial score (nSPS) is 10.6. The molecule has 2 aromatic carbocycles. The molecule has 0 spiro atoms. The minimum atomic E-state index is -0.0977. The third kappa shape index (κ3) is 2.64. The van der Waals surface area contributed by atoms with Gasteiger partial charge in [0.1, 0.15) is 5.69 Å². The summed E-state index contributed by atoms with van der Waals surface area (Å²) >= 11 is 3.44. The van der Waals surface area contributed by atoms with E-state index in [9.17, 15) is 4.79 Å². The maximum Gasteiger partial charge on any atom is 0.213 e. The van der Waals surface area contributed by atoms with Crippen LogP contribution in [0.5, 0.6) is 0 Å². The molecule has 0 saturated heterocycles. The summed E-state index contributed by atoms with van der Waals surface area (Å²) in [5, 5.41) is 7.88. The van der Waals surface area contributed by atoms with Crippen LogP contribution in [-0.4, -0.2) is 20.8 Å². The van der Waals surface area contributed by atoms with E-state index in [1.54, 1.807) is 10.7 Å². The quantitative estimate of drug-likeness (QED) is 0.684. The molecule has 3 rings (SSSR count). The van der Waals surface area contributed by atoms with Crippen LogP contribution in [0.4, 0.5) is 0 Å². The lowest BCUT2D eigenvalue weighted by Gasteiger charge is -2.06. The Morgan fingerprint density at radius 3 is 2.62 bits per heavy atom. The van der Waals surface area contributed by atoms with Gasteiger partial charge in [-0.2, -0.15) is 0 Å². The summed E-state index contributed by atoms with van der Waals surface area (Å²) in [6, 6.07) is 15.0. The predicted octanol–water partition coefficient (Wildman–Crippen LogP) is 3.57. The lowest BCUT2D eigenvalue weighted by atomic mass is 10.1. The van der Waals surface area contributed by atoms with Crippen molar-refractivity contribution >= 4 is 21.7 Å². The average Bonchev–Trinajstić information content (AvgIpc) is 2.99. The third-order valence-corrected chi connectivity index (χ3v) is 4.09. The van der Waals surface area contributed by atoms with Gasteiger partial charge in [0.05, 0.1) is 11.9 Å². The minimum Gasteiger partial charge on any atom is -0.287 e. The number of ketones is 1. The molecule has 0 aliphatic carbocycles. The van der Waals surface area contributed by atoms with E-state index in [-0.39, 0.29) is 5.78 Å². The molecular weight excluding hydrogens is 330 g/mol. The second-order valence-corrected chi connectivity index (χ2v) is 5.51. The van der Waals surface area contributed by atoms with Crippen LogP contribution in [0.2, 0.25) is 0 Å². The molecule has 21 heavy (non-hydrogen) atoms. The van der Waals surface area contributed by atoms with E-state index in [0.29, 0.717) is 11.3 Å². The number of rotatable bonds is 3. The smallest absolute Gasteiger partial charge is 0.213 e. The Hall–Kier alpha value is -2.27. The lowest BCUT2D eigenvalue weighted by molar-refractivity contribution is 0.103. The zero-order valence-corrected chi connectivity index (χ0v) is 12.9. The topological polar surface area (TPSA) is 47.8 Å². The molecular formula is C16H12BrN3O. The van der Waals surface area contributed by atoms with Gasteiger partial charge in [0.25, 0.3) is 0 Å². The van der Waals surface area contributed by atoms with Crippen molar-refractivity contribution in [3.8, 4) is 5.69 Å². The first-order valence-electron chi connectivity index (χ1n) is 6.44. The average molecular weight is 342 g/mol. The largest absolute Gasteiger partial charge is 0.287 e.